The van der Waals surface area contributed by atoms with Crippen LogP contribution in [0.25, 0.3) is 0 Å². The average molecular weight is 235 g/mol. The van der Waals surface area contributed by atoms with Crippen molar-refractivity contribution in [1.29, 1.82) is 0 Å². The van der Waals surface area contributed by atoms with Crippen molar-refractivity contribution in [2.45, 2.75) is 0 Å². The number of amides is 2. The smallest absolute Gasteiger partial charge is 0.281 e. The van der Waals surface area contributed by atoms with E-state index in [1.54, 1.807) is 14.1 Å². The van der Waals surface area contributed by atoms with Crippen LogP contribution in [0, 0.1) is 0 Å². The predicted molar refractivity (Wildman–Crippen MR) is 62.4 cm³/mol. The van der Waals surface area contributed by atoms with E-state index < -0.39 is 5.91 Å². The second-order valence-corrected chi connectivity index (χ2v) is 3.47. The first-order chi connectivity index (χ1) is 7.91. The maximum atomic E-state index is 11.5. The molecule has 0 aromatic carbocycles. The van der Waals surface area contributed by atoms with E-state index in [1.165, 1.54) is 23.2 Å². The lowest BCUT2D eigenvalue weighted by atomic mass is 10.2. The summed E-state index contributed by atoms with van der Waals surface area (Å²) >= 11 is 0. The number of aromatic nitrogens is 1. The number of guanidine groups is 1. The van der Waals surface area contributed by atoms with Crippen LogP contribution in [0.3, 0.4) is 0 Å². The Morgan fingerprint density at radius 3 is 2.35 bits per heavy atom. The first-order valence-corrected chi connectivity index (χ1v) is 4.73. The van der Waals surface area contributed by atoms with Crippen LogP contribution in [0.15, 0.2) is 23.3 Å². The second-order valence-electron chi connectivity index (χ2n) is 3.47. The molecule has 0 saturated carbocycles. The predicted octanol–water partition coefficient (Wildman–Crippen LogP) is -0.803. The van der Waals surface area contributed by atoms with E-state index in [0.29, 0.717) is 0 Å². The highest BCUT2D eigenvalue weighted by molar-refractivity contribution is 6.02. The molecule has 0 aliphatic carbocycles. The summed E-state index contributed by atoms with van der Waals surface area (Å²) in [6.07, 6.45) is 1.26. The third-order valence-electron chi connectivity index (χ3n) is 1.87. The summed E-state index contributed by atoms with van der Waals surface area (Å²) in [5.41, 5.74) is 10.6. The maximum Gasteiger partial charge on any atom is 0.281 e. The fraction of sp³-hybridized carbons (Fsp3) is 0.200. The molecule has 0 saturated heterocycles. The molecule has 7 heteroatoms. The quantitative estimate of drug-likeness (QED) is 0.514. The van der Waals surface area contributed by atoms with Gasteiger partial charge in [0.1, 0.15) is 5.69 Å². The number of nitrogens with zero attached hydrogens (tertiary/aromatic N) is 3. The van der Waals surface area contributed by atoms with Crippen molar-refractivity contribution in [1.82, 2.24) is 9.88 Å². The zero-order valence-electron chi connectivity index (χ0n) is 9.54. The normalized spacial score (nSPS) is 9.53. The number of pyridine rings is 1. The van der Waals surface area contributed by atoms with Crippen LogP contribution in [0.4, 0.5) is 0 Å². The molecule has 1 aromatic heterocycles. The molecule has 2 amide bonds. The lowest BCUT2D eigenvalue weighted by Gasteiger charge is -2.08. The summed E-state index contributed by atoms with van der Waals surface area (Å²) < 4.78 is 0. The van der Waals surface area contributed by atoms with Gasteiger partial charge in [0.05, 0.1) is 5.56 Å². The summed E-state index contributed by atoms with van der Waals surface area (Å²) in [5.74, 6) is -1.16. The van der Waals surface area contributed by atoms with Crippen molar-refractivity contribution in [2.75, 3.05) is 14.1 Å². The van der Waals surface area contributed by atoms with Gasteiger partial charge in [-0.3, -0.25) is 14.6 Å². The second kappa shape index (κ2) is 5.06. The number of nitrogens with two attached hydrogens (primary N) is 2. The summed E-state index contributed by atoms with van der Waals surface area (Å²) in [6.45, 7) is 0. The molecule has 1 rings (SSSR count). The molecule has 1 aromatic rings. The van der Waals surface area contributed by atoms with Crippen LogP contribution in [-0.4, -0.2) is 41.8 Å². The molecule has 4 N–H and O–H groups in total. The molecule has 0 aliphatic rings. The number of carbonyl (C=O) groups excluding carboxylic acids is 2. The molecule has 7 nitrogen and oxygen atoms in total. The maximum absolute atomic E-state index is 11.5. The molecule has 0 spiro atoms. The van der Waals surface area contributed by atoms with Gasteiger partial charge in [-0.05, 0) is 12.1 Å². The molecule has 0 aliphatic heterocycles. The van der Waals surface area contributed by atoms with Gasteiger partial charge >= 0.3 is 0 Å². The molecule has 90 valence electrons. The number of carbonyl (C=O) groups is 2. The Labute approximate surface area is 98.1 Å². The molecular formula is C10H13N5O2. The number of rotatable bonds is 2. The van der Waals surface area contributed by atoms with Crippen molar-refractivity contribution in [3.63, 3.8) is 0 Å². The monoisotopic (exact) mass is 235 g/mol. The Hall–Kier alpha value is -2.44. The van der Waals surface area contributed by atoms with Gasteiger partial charge in [0, 0.05) is 20.3 Å². The summed E-state index contributed by atoms with van der Waals surface area (Å²) in [7, 11) is 3.23. The van der Waals surface area contributed by atoms with Crippen LogP contribution in [-0.2, 0) is 0 Å². The van der Waals surface area contributed by atoms with E-state index in [0.717, 1.165) is 0 Å². The highest BCUT2D eigenvalue weighted by atomic mass is 16.2. The van der Waals surface area contributed by atoms with Gasteiger partial charge in [0.15, 0.2) is 5.96 Å². The minimum atomic E-state index is -0.596. The largest absolute Gasteiger partial charge is 0.370 e. The van der Waals surface area contributed by atoms with Gasteiger partial charge in [0.2, 0.25) is 0 Å². The topological polar surface area (TPSA) is 115 Å². The molecule has 1 heterocycles. The molecule has 0 unspecified atom stereocenters. The molecule has 0 fully saturated rings. The molecular weight excluding hydrogens is 222 g/mol. The third-order valence-corrected chi connectivity index (χ3v) is 1.87. The van der Waals surface area contributed by atoms with Crippen molar-refractivity contribution in [3.05, 3.63) is 29.6 Å². The third kappa shape index (κ3) is 3.26. The fourth-order valence-electron chi connectivity index (χ4n) is 1.06. The summed E-state index contributed by atoms with van der Waals surface area (Å²) in [5, 5.41) is 0. The lowest BCUT2D eigenvalue weighted by molar-refractivity contribution is 0.0821. The van der Waals surface area contributed by atoms with E-state index in [-0.39, 0.29) is 23.1 Å². The van der Waals surface area contributed by atoms with Gasteiger partial charge in [-0.15, -0.1) is 0 Å². The first kappa shape index (κ1) is 12.6. The van der Waals surface area contributed by atoms with Crippen LogP contribution < -0.4 is 11.5 Å². The zero-order valence-corrected chi connectivity index (χ0v) is 9.54. The zero-order chi connectivity index (χ0) is 13.0. The van der Waals surface area contributed by atoms with E-state index >= 15 is 0 Å². The van der Waals surface area contributed by atoms with E-state index in [9.17, 15) is 9.59 Å². The fourth-order valence-corrected chi connectivity index (χ4v) is 1.06. The number of hydrogen-bond donors (Lipinski definition) is 2. The standard InChI is InChI=1S/C10H13N5O2/c1-15(2)9(17)7-4-3-6(5-13-7)8(16)14-10(11)12/h3-5H,1-2H3,(H4,11,12,14,16). The van der Waals surface area contributed by atoms with Crippen LogP contribution in [0.1, 0.15) is 20.8 Å². The van der Waals surface area contributed by atoms with Crippen molar-refractivity contribution < 1.29 is 9.59 Å². The van der Waals surface area contributed by atoms with Crippen LogP contribution in [0.5, 0.6) is 0 Å². The lowest BCUT2D eigenvalue weighted by Crippen LogP contribution is -2.24. The van der Waals surface area contributed by atoms with Gasteiger partial charge in [-0.2, -0.15) is 4.99 Å². The van der Waals surface area contributed by atoms with Gasteiger partial charge in [0.25, 0.3) is 11.8 Å². The highest BCUT2D eigenvalue weighted by Crippen LogP contribution is 2.03. The molecule has 17 heavy (non-hydrogen) atoms. The number of hydrogen-bond acceptors (Lipinski definition) is 3. The Morgan fingerprint density at radius 1 is 1.29 bits per heavy atom. The van der Waals surface area contributed by atoms with E-state index in [4.69, 9.17) is 11.5 Å². The Morgan fingerprint density at radius 2 is 1.94 bits per heavy atom. The van der Waals surface area contributed by atoms with Gasteiger partial charge in [-0.25, -0.2) is 0 Å². The van der Waals surface area contributed by atoms with Crippen molar-refractivity contribution in [3.8, 4) is 0 Å². The highest BCUT2D eigenvalue weighted by Gasteiger charge is 2.11. The molecule has 0 bridgehead atoms. The first-order valence-electron chi connectivity index (χ1n) is 4.73. The minimum absolute atomic E-state index is 0.216. The van der Waals surface area contributed by atoms with Crippen LogP contribution in [0.2, 0.25) is 0 Å². The molecule has 0 atom stereocenters. The number of aliphatic imine (C=N–C) groups is 1. The Balaban J connectivity index is 2.93. The summed E-state index contributed by atoms with van der Waals surface area (Å²) in [4.78, 5) is 31.5. The SMILES string of the molecule is CN(C)C(=O)c1ccc(C(=O)N=C(N)N)cn1. The average Bonchev–Trinajstić information content (AvgIpc) is 2.27. The Bertz CT molecular complexity index is 460. The van der Waals surface area contributed by atoms with Crippen molar-refractivity contribution in [2.24, 2.45) is 16.5 Å². The van der Waals surface area contributed by atoms with Gasteiger partial charge in [-0.1, -0.05) is 0 Å². The molecule has 0 radical (unpaired) electrons. The Kier molecular flexibility index (Phi) is 3.76. The minimum Gasteiger partial charge on any atom is -0.370 e. The van der Waals surface area contributed by atoms with Crippen LogP contribution >= 0.6 is 0 Å². The van der Waals surface area contributed by atoms with E-state index in [2.05, 4.69) is 9.98 Å². The summed E-state index contributed by atoms with van der Waals surface area (Å²) in [6, 6.07) is 2.89. The van der Waals surface area contributed by atoms with E-state index in [1.807, 2.05) is 0 Å². The van der Waals surface area contributed by atoms with Gasteiger partial charge < -0.3 is 16.4 Å². The van der Waals surface area contributed by atoms with Crippen molar-refractivity contribution >= 4 is 17.8 Å².